The van der Waals surface area contributed by atoms with Gasteiger partial charge in [-0.05, 0) is 56.0 Å². The van der Waals surface area contributed by atoms with E-state index in [9.17, 15) is 0 Å². The molecule has 0 amide bonds. The smallest absolute Gasteiger partial charge is 0.0402 e. The summed E-state index contributed by atoms with van der Waals surface area (Å²) in [5.41, 5.74) is 4.87. The summed E-state index contributed by atoms with van der Waals surface area (Å²) in [4.78, 5) is 5.07. The number of rotatable bonds is 0. The van der Waals surface area contributed by atoms with Crippen LogP contribution in [0.3, 0.4) is 0 Å². The number of anilines is 1. The molecule has 0 radical (unpaired) electrons. The number of fused-ring (bicyclic) bond motifs is 2. The first-order chi connectivity index (χ1) is 8.75. The Kier molecular flexibility index (Phi) is 2.25. The summed E-state index contributed by atoms with van der Waals surface area (Å²) in [5, 5.41) is 0. The van der Waals surface area contributed by atoms with E-state index in [1.165, 1.54) is 38.0 Å². The van der Waals surface area contributed by atoms with Crippen molar-refractivity contribution in [3.05, 3.63) is 29.3 Å². The number of likely N-dealkylation sites (tertiary alicyclic amines) is 1. The molecule has 2 heteroatoms. The van der Waals surface area contributed by atoms with Gasteiger partial charge in [0, 0.05) is 31.2 Å². The second kappa shape index (κ2) is 3.74. The SMILES string of the molecule is CN1CC2C[C@@H]3[C@H](CCCN3C)c3cccc1c32. The predicted molar refractivity (Wildman–Crippen MR) is 75.5 cm³/mol. The summed E-state index contributed by atoms with van der Waals surface area (Å²) < 4.78 is 0. The van der Waals surface area contributed by atoms with Gasteiger partial charge in [0.2, 0.25) is 0 Å². The molecular weight excluding hydrogens is 220 g/mol. The molecule has 0 N–H and O–H groups in total. The van der Waals surface area contributed by atoms with E-state index >= 15 is 0 Å². The molecule has 3 aliphatic rings. The zero-order valence-electron chi connectivity index (χ0n) is 11.4. The van der Waals surface area contributed by atoms with Crippen molar-refractivity contribution in [1.29, 1.82) is 0 Å². The highest BCUT2D eigenvalue weighted by Crippen LogP contribution is 2.51. The molecule has 1 aromatic rings. The zero-order chi connectivity index (χ0) is 12.3. The number of hydrogen-bond donors (Lipinski definition) is 0. The van der Waals surface area contributed by atoms with Gasteiger partial charge >= 0.3 is 0 Å². The summed E-state index contributed by atoms with van der Waals surface area (Å²) in [6.45, 7) is 2.52. The van der Waals surface area contributed by atoms with Gasteiger partial charge in [0.25, 0.3) is 0 Å². The summed E-state index contributed by atoms with van der Waals surface area (Å²) in [5.74, 6) is 1.57. The highest BCUT2D eigenvalue weighted by molar-refractivity contribution is 5.64. The van der Waals surface area contributed by atoms with Crippen LogP contribution in [0, 0.1) is 0 Å². The normalized spacial score (nSPS) is 34.3. The van der Waals surface area contributed by atoms with Crippen molar-refractivity contribution in [3.63, 3.8) is 0 Å². The van der Waals surface area contributed by atoms with Crippen LogP contribution in [0.5, 0.6) is 0 Å². The first-order valence-electron chi connectivity index (χ1n) is 7.30. The minimum Gasteiger partial charge on any atom is -0.374 e. The number of likely N-dealkylation sites (N-methyl/N-ethyl adjacent to an activating group) is 2. The molecular formula is C16H22N2. The van der Waals surface area contributed by atoms with Gasteiger partial charge in [-0.1, -0.05) is 12.1 Å². The lowest BCUT2D eigenvalue weighted by Crippen LogP contribution is -2.45. The third-order valence-electron chi connectivity index (χ3n) is 5.41. The molecule has 3 atom stereocenters. The summed E-state index contributed by atoms with van der Waals surface area (Å²) in [6, 6.07) is 7.77. The Bertz CT molecular complexity index is 482. The molecule has 4 rings (SSSR count). The van der Waals surface area contributed by atoms with Crippen LogP contribution < -0.4 is 4.90 Å². The van der Waals surface area contributed by atoms with Crippen LogP contribution in [0.4, 0.5) is 5.69 Å². The standard InChI is InChI=1S/C16H22N2/c1-17-8-4-6-12-13-5-3-7-14-16(13)11(9-15(12)17)10-18(14)2/h3,5,7,11-12,15H,4,6,8-10H2,1-2H3/t11?,12-,15-/m1/s1. The fourth-order valence-electron chi connectivity index (χ4n) is 4.61. The second-order valence-corrected chi connectivity index (χ2v) is 6.39. The van der Waals surface area contributed by atoms with E-state index in [1.54, 1.807) is 11.1 Å². The first kappa shape index (κ1) is 10.9. The zero-order valence-corrected chi connectivity index (χ0v) is 11.4. The van der Waals surface area contributed by atoms with Crippen LogP contribution in [-0.2, 0) is 0 Å². The van der Waals surface area contributed by atoms with Crippen molar-refractivity contribution in [2.24, 2.45) is 0 Å². The van der Waals surface area contributed by atoms with E-state index in [-0.39, 0.29) is 0 Å². The van der Waals surface area contributed by atoms with Crippen LogP contribution in [0.25, 0.3) is 0 Å². The maximum Gasteiger partial charge on any atom is 0.0402 e. The highest BCUT2D eigenvalue weighted by atomic mass is 15.2. The van der Waals surface area contributed by atoms with E-state index < -0.39 is 0 Å². The Morgan fingerprint density at radius 1 is 1.22 bits per heavy atom. The maximum atomic E-state index is 2.61. The second-order valence-electron chi connectivity index (χ2n) is 6.39. The molecule has 1 saturated heterocycles. The molecule has 0 aromatic heterocycles. The quantitative estimate of drug-likeness (QED) is 0.690. The van der Waals surface area contributed by atoms with Crippen LogP contribution in [0.1, 0.15) is 42.2 Å². The number of piperidine rings is 1. The Labute approximate surface area is 110 Å². The molecule has 0 saturated carbocycles. The molecule has 1 aliphatic carbocycles. The molecule has 1 aromatic carbocycles. The lowest BCUT2D eigenvalue weighted by Gasteiger charge is -2.44. The largest absolute Gasteiger partial charge is 0.374 e. The van der Waals surface area contributed by atoms with Gasteiger partial charge in [0.05, 0.1) is 0 Å². The van der Waals surface area contributed by atoms with E-state index in [0.717, 1.165) is 17.9 Å². The van der Waals surface area contributed by atoms with Crippen LogP contribution >= 0.6 is 0 Å². The molecule has 96 valence electrons. The molecule has 2 heterocycles. The van der Waals surface area contributed by atoms with E-state index in [1.807, 2.05) is 0 Å². The van der Waals surface area contributed by atoms with Crippen molar-refractivity contribution in [2.45, 2.75) is 37.1 Å². The topological polar surface area (TPSA) is 6.48 Å². The molecule has 18 heavy (non-hydrogen) atoms. The molecule has 1 fully saturated rings. The Hall–Kier alpha value is -1.02. The van der Waals surface area contributed by atoms with Crippen molar-refractivity contribution in [3.8, 4) is 0 Å². The molecule has 2 aliphatic heterocycles. The Morgan fingerprint density at radius 2 is 2.11 bits per heavy atom. The predicted octanol–water partition coefficient (Wildman–Crippen LogP) is 2.80. The fourth-order valence-corrected chi connectivity index (χ4v) is 4.61. The van der Waals surface area contributed by atoms with Gasteiger partial charge < -0.3 is 9.80 Å². The van der Waals surface area contributed by atoms with Gasteiger partial charge in [-0.2, -0.15) is 0 Å². The summed E-state index contributed by atoms with van der Waals surface area (Å²) >= 11 is 0. The van der Waals surface area contributed by atoms with Gasteiger partial charge in [-0.25, -0.2) is 0 Å². The highest BCUT2D eigenvalue weighted by Gasteiger charge is 2.42. The molecule has 1 unspecified atom stereocenters. The number of hydrogen-bond acceptors (Lipinski definition) is 2. The summed E-state index contributed by atoms with van der Waals surface area (Å²) in [7, 11) is 4.58. The molecule has 0 spiro atoms. The first-order valence-corrected chi connectivity index (χ1v) is 7.30. The maximum absolute atomic E-state index is 2.61. The Balaban J connectivity index is 1.85. The van der Waals surface area contributed by atoms with Gasteiger partial charge in [0.1, 0.15) is 0 Å². The number of nitrogens with zero attached hydrogens (tertiary/aromatic N) is 2. The summed E-state index contributed by atoms with van der Waals surface area (Å²) in [6.07, 6.45) is 4.12. The minimum absolute atomic E-state index is 0.781. The van der Waals surface area contributed by atoms with Crippen molar-refractivity contribution >= 4 is 5.69 Å². The minimum atomic E-state index is 0.781. The number of benzene rings is 1. The lowest BCUT2D eigenvalue weighted by molar-refractivity contribution is 0.136. The van der Waals surface area contributed by atoms with Crippen LogP contribution in [0.15, 0.2) is 18.2 Å². The van der Waals surface area contributed by atoms with Gasteiger partial charge in [-0.15, -0.1) is 0 Å². The van der Waals surface area contributed by atoms with Crippen molar-refractivity contribution < 1.29 is 0 Å². The van der Waals surface area contributed by atoms with Gasteiger partial charge in [-0.3, -0.25) is 0 Å². The van der Waals surface area contributed by atoms with E-state index in [4.69, 9.17) is 0 Å². The van der Waals surface area contributed by atoms with Crippen LogP contribution in [0.2, 0.25) is 0 Å². The van der Waals surface area contributed by atoms with Crippen LogP contribution in [-0.4, -0.2) is 38.1 Å². The van der Waals surface area contributed by atoms with E-state index in [2.05, 4.69) is 42.1 Å². The Morgan fingerprint density at radius 3 is 3.00 bits per heavy atom. The molecule has 0 bridgehead atoms. The average molecular weight is 242 g/mol. The van der Waals surface area contributed by atoms with Gasteiger partial charge in [0.15, 0.2) is 0 Å². The third kappa shape index (κ3) is 1.33. The average Bonchev–Trinajstić information content (AvgIpc) is 2.70. The monoisotopic (exact) mass is 242 g/mol. The van der Waals surface area contributed by atoms with Crippen molar-refractivity contribution in [1.82, 2.24) is 4.90 Å². The van der Waals surface area contributed by atoms with E-state index in [0.29, 0.717) is 0 Å². The molecule has 2 nitrogen and oxygen atoms in total. The third-order valence-corrected chi connectivity index (χ3v) is 5.41. The lowest BCUT2D eigenvalue weighted by atomic mass is 9.71. The van der Waals surface area contributed by atoms with Crippen molar-refractivity contribution in [2.75, 3.05) is 32.1 Å². The fraction of sp³-hybridized carbons (Fsp3) is 0.625.